The van der Waals surface area contributed by atoms with Crippen molar-refractivity contribution in [3.63, 3.8) is 0 Å². The lowest BCUT2D eigenvalue weighted by molar-refractivity contribution is -0.142. The number of fused-ring (bicyclic) bond motifs is 1. The molecule has 5 unspecified atom stereocenters. The van der Waals surface area contributed by atoms with Gasteiger partial charge in [0.2, 0.25) is 11.8 Å². The second-order valence-electron chi connectivity index (χ2n) is 16.5. The van der Waals surface area contributed by atoms with Gasteiger partial charge in [-0.05, 0) is 65.0 Å². The van der Waals surface area contributed by atoms with Crippen LogP contribution in [0.3, 0.4) is 0 Å². The van der Waals surface area contributed by atoms with E-state index in [-0.39, 0.29) is 18.9 Å². The minimum atomic E-state index is -2.82. The molecule has 2 aliphatic rings. The molecule has 1 aliphatic heterocycles. The first-order valence-corrected chi connectivity index (χ1v) is 20.3. The van der Waals surface area contributed by atoms with Crippen molar-refractivity contribution >= 4 is 36.0 Å². The molecule has 1 aliphatic carbocycles. The summed E-state index contributed by atoms with van der Waals surface area (Å²) in [4.78, 5) is 48.3. The number of methoxy groups -OCH3 is 1. The first kappa shape index (κ1) is 38.9. The van der Waals surface area contributed by atoms with Gasteiger partial charge in [-0.2, -0.15) is 0 Å². The van der Waals surface area contributed by atoms with Gasteiger partial charge in [-0.3, -0.25) is 9.59 Å². The Kier molecular flexibility index (Phi) is 10.6. The second-order valence-corrected chi connectivity index (χ2v) is 20.0. The molecule has 2 heterocycles. The highest BCUT2D eigenvalue weighted by Gasteiger charge is 2.62. The van der Waals surface area contributed by atoms with Crippen LogP contribution in [-0.2, 0) is 18.9 Å². The molecule has 0 spiro atoms. The number of carbonyl (C=O) groups excluding carboxylic acids is 3. The van der Waals surface area contributed by atoms with E-state index in [9.17, 15) is 18.9 Å². The molecule has 280 valence electrons. The predicted molar refractivity (Wildman–Crippen MR) is 204 cm³/mol. The summed E-state index contributed by atoms with van der Waals surface area (Å²) >= 11 is 0. The molecule has 52 heavy (non-hydrogen) atoms. The molecule has 2 fully saturated rings. The summed E-state index contributed by atoms with van der Waals surface area (Å²) in [6, 6.07) is 13.5. The molecule has 1 saturated carbocycles. The lowest BCUT2D eigenvalue weighted by atomic mass is 9.85. The first-order chi connectivity index (χ1) is 24.2. The molecule has 11 nitrogen and oxygen atoms in total. The number of amides is 3. The van der Waals surface area contributed by atoms with Crippen molar-refractivity contribution < 1.29 is 33.2 Å². The Morgan fingerprint density at radius 3 is 2.29 bits per heavy atom. The quantitative estimate of drug-likeness (QED) is 0.166. The smallest absolute Gasteiger partial charge is 0.408 e. The Balaban J connectivity index is 1.53. The number of nitrogens with zero attached hydrogens (tertiary/aromatic N) is 2. The van der Waals surface area contributed by atoms with Crippen molar-refractivity contribution in [2.75, 3.05) is 27.0 Å². The van der Waals surface area contributed by atoms with E-state index in [2.05, 4.69) is 17.2 Å². The van der Waals surface area contributed by atoms with Crippen molar-refractivity contribution in [3.05, 3.63) is 66.7 Å². The van der Waals surface area contributed by atoms with Gasteiger partial charge < -0.3 is 34.3 Å². The van der Waals surface area contributed by atoms with Crippen LogP contribution in [0.1, 0.15) is 59.9 Å². The Bertz CT molecular complexity index is 1910. The first-order valence-electron chi connectivity index (χ1n) is 17.7. The van der Waals surface area contributed by atoms with Gasteiger partial charge in [0.1, 0.15) is 42.4 Å². The van der Waals surface area contributed by atoms with Crippen LogP contribution in [0.5, 0.6) is 11.5 Å². The molecule has 3 amide bonds. The van der Waals surface area contributed by atoms with Gasteiger partial charge in [0.05, 0.1) is 30.1 Å². The van der Waals surface area contributed by atoms with E-state index < -0.39 is 59.5 Å². The zero-order valence-corrected chi connectivity index (χ0v) is 32.9. The van der Waals surface area contributed by atoms with E-state index in [0.29, 0.717) is 29.1 Å². The highest BCUT2D eigenvalue weighted by molar-refractivity contribution is 7.64. The second kappa shape index (κ2) is 14.2. The molecular formula is C40H53N4O7P. The molecule has 12 heteroatoms. The number of rotatable bonds is 10. The van der Waals surface area contributed by atoms with E-state index in [1.807, 2.05) is 76.2 Å². The van der Waals surface area contributed by atoms with Crippen LogP contribution in [-0.4, -0.2) is 83.8 Å². The van der Waals surface area contributed by atoms with Gasteiger partial charge in [-0.1, -0.05) is 56.7 Å². The number of alkyl carbamates (subject to hydrolysis) is 1. The van der Waals surface area contributed by atoms with Crippen molar-refractivity contribution in [1.29, 1.82) is 0 Å². The summed E-state index contributed by atoms with van der Waals surface area (Å²) in [5, 5.41) is 5.68. The van der Waals surface area contributed by atoms with E-state index in [1.54, 1.807) is 47.3 Å². The fraction of sp³-hybridized carbons (Fsp3) is 0.500. The van der Waals surface area contributed by atoms with Crippen LogP contribution >= 0.6 is 7.14 Å². The summed E-state index contributed by atoms with van der Waals surface area (Å²) in [6.45, 7) is 20.1. The average molecular weight is 733 g/mol. The van der Waals surface area contributed by atoms with Gasteiger partial charge in [0.15, 0.2) is 0 Å². The molecule has 1 saturated heterocycles. The molecule has 0 radical (unpaired) electrons. The molecule has 5 atom stereocenters. The SMILES string of the molecule is C=CC1CC1(NC(=O)C1CC(Oc2cc(-c3ccc(C)cc3)nc3cc(OC)ccc23)CN1C(=O)C(NC(=O)OC(C)(C)C)C(C)(C)C)P(C)(C)=O. The van der Waals surface area contributed by atoms with Crippen LogP contribution < -0.4 is 20.1 Å². The number of hydrogen-bond donors (Lipinski definition) is 2. The van der Waals surface area contributed by atoms with E-state index >= 15 is 0 Å². The van der Waals surface area contributed by atoms with Gasteiger partial charge in [-0.25, -0.2) is 9.78 Å². The van der Waals surface area contributed by atoms with E-state index in [1.165, 1.54) is 4.90 Å². The van der Waals surface area contributed by atoms with Gasteiger partial charge in [0, 0.05) is 35.4 Å². The largest absolute Gasteiger partial charge is 0.497 e. The van der Waals surface area contributed by atoms with Crippen molar-refractivity contribution in [3.8, 4) is 22.8 Å². The summed E-state index contributed by atoms with van der Waals surface area (Å²) in [5.41, 5.74) is 1.84. The third kappa shape index (κ3) is 8.30. The summed E-state index contributed by atoms with van der Waals surface area (Å²) in [5.74, 6) is 0.158. The van der Waals surface area contributed by atoms with Gasteiger partial charge in [-0.15, -0.1) is 6.58 Å². The van der Waals surface area contributed by atoms with Crippen LogP contribution in [0.15, 0.2) is 61.2 Å². The topological polar surface area (TPSA) is 136 Å². The number of nitrogens with one attached hydrogen (secondary N) is 2. The monoisotopic (exact) mass is 732 g/mol. The fourth-order valence-electron chi connectivity index (χ4n) is 6.82. The zero-order chi connectivity index (χ0) is 38.4. The normalized spacial score (nSPS) is 22.3. The fourth-order valence-corrected chi connectivity index (χ4v) is 8.74. The summed E-state index contributed by atoms with van der Waals surface area (Å²) < 4.78 is 31.3. The van der Waals surface area contributed by atoms with Crippen LogP contribution in [0.2, 0.25) is 0 Å². The Hall–Kier alpha value is -4.37. The zero-order valence-electron chi connectivity index (χ0n) is 32.0. The lowest BCUT2D eigenvalue weighted by Crippen LogP contribution is -2.59. The lowest BCUT2D eigenvalue weighted by Gasteiger charge is -2.36. The number of carbonyl (C=O) groups is 3. The van der Waals surface area contributed by atoms with Crippen molar-refractivity contribution in [2.45, 2.75) is 90.4 Å². The third-order valence-corrected chi connectivity index (χ3v) is 12.4. The van der Waals surface area contributed by atoms with Crippen LogP contribution in [0, 0.1) is 18.3 Å². The predicted octanol–water partition coefficient (Wildman–Crippen LogP) is 7.15. The Morgan fingerprint density at radius 1 is 1.06 bits per heavy atom. The van der Waals surface area contributed by atoms with Gasteiger partial charge in [0.25, 0.3) is 0 Å². The average Bonchev–Trinajstić information content (AvgIpc) is 3.62. The standard InChI is InChI=1S/C40H53N4O7P/c1-12-26-22-40(26,52(10,11)48)43-35(45)32-20-28(23-44(32)36(46)34(38(3,4)5)42-37(47)51-39(6,7)8)50-33-21-30(25-15-13-24(2)14-16-25)41-31-19-27(49-9)17-18-29(31)33/h12-19,21,26,28,32,34H,1,20,22-23H2,2-11H3,(H,42,47)(H,43,45). The minimum Gasteiger partial charge on any atom is -0.497 e. The molecule has 2 N–H and O–H groups in total. The van der Waals surface area contributed by atoms with E-state index in [0.717, 1.165) is 16.5 Å². The maximum Gasteiger partial charge on any atom is 0.408 e. The number of ether oxygens (including phenoxy) is 3. The molecule has 2 aromatic carbocycles. The van der Waals surface area contributed by atoms with Crippen molar-refractivity contribution in [2.24, 2.45) is 11.3 Å². The Morgan fingerprint density at radius 2 is 1.73 bits per heavy atom. The highest BCUT2D eigenvalue weighted by Crippen LogP contribution is 2.67. The number of pyridine rings is 1. The molecule has 0 bridgehead atoms. The number of aromatic nitrogens is 1. The van der Waals surface area contributed by atoms with Crippen LogP contribution in [0.25, 0.3) is 22.2 Å². The maximum atomic E-state index is 14.6. The van der Waals surface area contributed by atoms with Gasteiger partial charge >= 0.3 is 6.09 Å². The summed E-state index contributed by atoms with van der Waals surface area (Å²) in [7, 11) is -1.23. The molecule has 1 aromatic heterocycles. The number of benzene rings is 2. The summed E-state index contributed by atoms with van der Waals surface area (Å²) in [6.07, 6.45) is 1.04. The minimum absolute atomic E-state index is 0.0626. The third-order valence-electron chi connectivity index (χ3n) is 9.81. The Labute approximate surface area is 307 Å². The number of aryl methyl sites for hydroxylation is 1. The molecule has 3 aromatic rings. The number of hydrogen-bond acceptors (Lipinski definition) is 8. The number of likely N-dealkylation sites (tertiary alicyclic amines) is 1. The van der Waals surface area contributed by atoms with Crippen LogP contribution in [0.4, 0.5) is 4.79 Å². The molecular weight excluding hydrogens is 679 g/mol. The maximum absolute atomic E-state index is 14.6. The van der Waals surface area contributed by atoms with E-state index in [4.69, 9.17) is 19.2 Å². The van der Waals surface area contributed by atoms with Crippen molar-refractivity contribution in [1.82, 2.24) is 20.5 Å². The molecule has 5 rings (SSSR count). The highest BCUT2D eigenvalue weighted by atomic mass is 31.2.